The molecule has 1 aromatic heterocycles. The molecular formula is C24H21N3O2. The SMILES string of the molecule is Cc1ccc(NC2=C(c3ccccc3)C(=O)N(Cc3cccnc3)C2=O)c(C)c1. The maximum Gasteiger partial charge on any atom is 0.278 e. The molecule has 0 unspecified atom stereocenters. The van der Waals surface area contributed by atoms with Crippen LogP contribution in [0.15, 0.2) is 78.8 Å². The molecule has 0 saturated heterocycles. The third-order valence-electron chi connectivity index (χ3n) is 4.94. The third-order valence-corrected chi connectivity index (χ3v) is 4.94. The summed E-state index contributed by atoms with van der Waals surface area (Å²) in [6, 6.07) is 18.9. The fourth-order valence-corrected chi connectivity index (χ4v) is 3.47. The van der Waals surface area contributed by atoms with Gasteiger partial charge in [-0.3, -0.25) is 19.5 Å². The normalized spacial score (nSPS) is 13.9. The van der Waals surface area contributed by atoms with Crippen LogP contribution in [0.1, 0.15) is 22.3 Å². The molecular weight excluding hydrogens is 362 g/mol. The lowest BCUT2D eigenvalue weighted by molar-refractivity contribution is -0.137. The number of nitrogens with zero attached hydrogens (tertiary/aromatic N) is 2. The van der Waals surface area contributed by atoms with E-state index in [4.69, 9.17) is 0 Å². The summed E-state index contributed by atoms with van der Waals surface area (Å²) >= 11 is 0. The minimum Gasteiger partial charge on any atom is -0.350 e. The maximum atomic E-state index is 13.3. The van der Waals surface area contributed by atoms with E-state index in [1.54, 1.807) is 18.5 Å². The lowest BCUT2D eigenvalue weighted by Crippen LogP contribution is -2.32. The molecule has 5 nitrogen and oxygen atoms in total. The van der Waals surface area contributed by atoms with Gasteiger partial charge in [-0.1, -0.05) is 54.1 Å². The molecule has 0 radical (unpaired) electrons. The monoisotopic (exact) mass is 383 g/mol. The van der Waals surface area contributed by atoms with Crippen LogP contribution in [0.2, 0.25) is 0 Å². The second-order valence-electron chi connectivity index (χ2n) is 7.12. The Balaban J connectivity index is 1.75. The Bertz CT molecular complexity index is 1110. The predicted molar refractivity (Wildman–Crippen MR) is 113 cm³/mol. The van der Waals surface area contributed by atoms with Gasteiger partial charge < -0.3 is 5.32 Å². The Morgan fingerprint density at radius 1 is 0.931 bits per heavy atom. The summed E-state index contributed by atoms with van der Waals surface area (Å²) in [5.74, 6) is -0.644. The molecule has 0 aliphatic carbocycles. The Morgan fingerprint density at radius 3 is 2.41 bits per heavy atom. The van der Waals surface area contributed by atoms with Crippen molar-refractivity contribution < 1.29 is 9.59 Å². The molecule has 29 heavy (non-hydrogen) atoms. The first kappa shape index (κ1) is 18.6. The van der Waals surface area contributed by atoms with Gasteiger partial charge >= 0.3 is 0 Å². The first-order chi connectivity index (χ1) is 14.0. The van der Waals surface area contributed by atoms with E-state index in [9.17, 15) is 9.59 Å². The van der Waals surface area contributed by atoms with Gasteiger partial charge in [-0.15, -0.1) is 0 Å². The summed E-state index contributed by atoms with van der Waals surface area (Å²) in [5.41, 5.74) is 5.16. The van der Waals surface area contributed by atoms with Gasteiger partial charge in [0.25, 0.3) is 11.8 Å². The number of carbonyl (C=O) groups is 2. The van der Waals surface area contributed by atoms with Gasteiger partial charge in [-0.05, 0) is 42.7 Å². The molecule has 4 rings (SSSR count). The van der Waals surface area contributed by atoms with Crippen LogP contribution < -0.4 is 5.32 Å². The number of amides is 2. The largest absolute Gasteiger partial charge is 0.350 e. The highest BCUT2D eigenvalue weighted by atomic mass is 16.2. The highest BCUT2D eigenvalue weighted by Gasteiger charge is 2.39. The standard InChI is InChI=1S/C24H21N3O2/c1-16-10-11-20(17(2)13-16)26-22-21(19-8-4-3-5-9-19)23(28)27(24(22)29)15-18-7-6-12-25-14-18/h3-14,26H,15H2,1-2H3. The van der Waals surface area contributed by atoms with E-state index >= 15 is 0 Å². The Hall–Kier alpha value is -3.73. The minimum absolute atomic E-state index is 0.180. The van der Waals surface area contributed by atoms with Gasteiger partial charge in [0, 0.05) is 18.1 Å². The van der Waals surface area contributed by atoms with E-state index in [0.29, 0.717) is 16.8 Å². The number of rotatable bonds is 5. The van der Waals surface area contributed by atoms with Gasteiger partial charge in [0.05, 0.1) is 12.1 Å². The average Bonchev–Trinajstić information content (AvgIpc) is 2.96. The van der Waals surface area contributed by atoms with Crippen molar-refractivity contribution in [2.75, 3.05) is 5.32 Å². The molecule has 144 valence electrons. The van der Waals surface area contributed by atoms with Crippen LogP contribution in [0.4, 0.5) is 5.69 Å². The van der Waals surface area contributed by atoms with Crippen molar-refractivity contribution in [3.05, 3.63) is 101 Å². The van der Waals surface area contributed by atoms with Crippen LogP contribution in [-0.2, 0) is 16.1 Å². The van der Waals surface area contributed by atoms with Crippen molar-refractivity contribution in [1.29, 1.82) is 0 Å². The number of hydrogen-bond donors (Lipinski definition) is 1. The number of hydrogen-bond acceptors (Lipinski definition) is 4. The van der Waals surface area contributed by atoms with E-state index in [0.717, 1.165) is 22.4 Å². The molecule has 1 N–H and O–H groups in total. The second-order valence-corrected chi connectivity index (χ2v) is 7.12. The van der Waals surface area contributed by atoms with Gasteiger partial charge in [-0.25, -0.2) is 0 Å². The molecule has 2 heterocycles. The van der Waals surface area contributed by atoms with Crippen molar-refractivity contribution in [3.63, 3.8) is 0 Å². The first-order valence-electron chi connectivity index (χ1n) is 9.43. The third kappa shape index (κ3) is 3.67. The van der Waals surface area contributed by atoms with E-state index in [2.05, 4.69) is 10.3 Å². The number of benzene rings is 2. The lowest BCUT2D eigenvalue weighted by Gasteiger charge is -2.15. The Labute approximate surface area is 169 Å². The number of aryl methyl sites for hydroxylation is 2. The quantitative estimate of drug-likeness (QED) is 0.674. The summed E-state index contributed by atoms with van der Waals surface area (Å²) in [4.78, 5) is 31.8. The number of carbonyl (C=O) groups excluding carboxylic acids is 2. The summed E-state index contributed by atoms with van der Waals surface area (Å²) in [6.07, 6.45) is 3.33. The fourth-order valence-electron chi connectivity index (χ4n) is 3.47. The van der Waals surface area contributed by atoms with Crippen LogP contribution in [0.5, 0.6) is 0 Å². The van der Waals surface area contributed by atoms with E-state index in [1.807, 2.05) is 68.4 Å². The fraction of sp³-hybridized carbons (Fsp3) is 0.125. The van der Waals surface area contributed by atoms with Crippen molar-refractivity contribution in [1.82, 2.24) is 9.88 Å². The van der Waals surface area contributed by atoms with E-state index in [-0.39, 0.29) is 18.4 Å². The highest BCUT2D eigenvalue weighted by Crippen LogP contribution is 2.32. The number of anilines is 1. The summed E-state index contributed by atoms with van der Waals surface area (Å²) in [7, 11) is 0. The molecule has 0 fully saturated rings. The number of aromatic nitrogens is 1. The number of imide groups is 1. The molecule has 0 spiro atoms. The number of pyridine rings is 1. The molecule has 1 aliphatic heterocycles. The van der Waals surface area contributed by atoms with Crippen LogP contribution in [0, 0.1) is 13.8 Å². The molecule has 0 atom stereocenters. The topological polar surface area (TPSA) is 62.3 Å². The Morgan fingerprint density at radius 2 is 1.72 bits per heavy atom. The van der Waals surface area contributed by atoms with Crippen molar-refractivity contribution in [3.8, 4) is 0 Å². The van der Waals surface area contributed by atoms with Crippen LogP contribution in [0.3, 0.4) is 0 Å². The zero-order valence-electron chi connectivity index (χ0n) is 16.3. The zero-order valence-corrected chi connectivity index (χ0v) is 16.3. The Kier molecular flexibility index (Phi) is 4.96. The summed E-state index contributed by atoms with van der Waals surface area (Å²) in [6.45, 7) is 4.18. The molecule has 2 aromatic carbocycles. The first-order valence-corrected chi connectivity index (χ1v) is 9.43. The summed E-state index contributed by atoms with van der Waals surface area (Å²) in [5, 5.41) is 3.23. The van der Waals surface area contributed by atoms with E-state index < -0.39 is 0 Å². The van der Waals surface area contributed by atoms with Crippen molar-refractivity contribution in [2.45, 2.75) is 20.4 Å². The molecule has 2 amide bonds. The summed E-state index contributed by atoms with van der Waals surface area (Å²) < 4.78 is 0. The van der Waals surface area contributed by atoms with Crippen molar-refractivity contribution >= 4 is 23.1 Å². The maximum absolute atomic E-state index is 13.3. The van der Waals surface area contributed by atoms with E-state index in [1.165, 1.54) is 4.90 Å². The minimum atomic E-state index is -0.335. The lowest BCUT2D eigenvalue weighted by atomic mass is 10.0. The predicted octanol–water partition coefficient (Wildman–Crippen LogP) is 4.09. The van der Waals surface area contributed by atoms with Crippen LogP contribution >= 0.6 is 0 Å². The van der Waals surface area contributed by atoms with Gasteiger partial charge in [0.1, 0.15) is 5.70 Å². The van der Waals surface area contributed by atoms with Gasteiger partial charge in [0.15, 0.2) is 0 Å². The molecule has 0 saturated carbocycles. The smallest absolute Gasteiger partial charge is 0.278 e. The molecule has 3 aromatic rings. The highest BCUT2D eigenvalue weighted by molar-refractivity contribution is 6.36. The second kappa shape index (κ2) is 7.72. The molecule has 1 aliphatic rings. The molecule has 5 heteroatoms. The zero-order chi connectivity index (χ0) is 20.4. The van der Waals surface area contributed by atoms with Gasteiger partial charge in [-0.2, -0.15) is 0 Å². The van der Waals surface area contributed by atoms with Crippen molar-refractivity contribution in [2.24, 2.45) is 0 Å². The van der Waals surface area contributed by atoms with Crippen LogP contribution in [-0.4, -0.2) is 21.7 Å². The number of nitrogens with one attached hydrogen (secondary N) is 1. The molecule has 0 bridgehead atoms. The van der Waals surface area contributed by atoms with Gasteiger partial charge in [0.2, 0.25) is 0 Å². The van der Waals surface area contributed by atoms with Crippen LogP contribution in [0.25, 0.3) is 5.57 Å². The average molecular weight is 383 g/mol.